The molecule has 0 amide bonds. The maximum Gasteiger partial charge on any atom is 0.0506 e. The number of hydrogen-bond acceptors (Lipinski definition) is 1. The largest absolute Gasteiger partial charge is 0.381 e. The van der Waals surface area contributed by atoms with Gasteiger partial charge < -0.3 is 4.74 Å². The molecule has 0 spiro atoms. The lowest BCUT2D eigenvalue weighted by atomic mass is 10.0. The fourth-order valence-electron chi connectivity index (χ4n) is 3.69. The van der Waals surface area contributed by atoms with Crippen LogP contribution in [-0.4, -0.2) is 13.2 Å². The summed E-state index contributed by atoms with van der Waals surface area (Å²) >= 11 is 0. The molecule has 0 atom stereocenters. The van der Waals surface area contributed by atoms with E-state index in [0.717, 1.165) is 19.6 Å². The summed E-state index contributed by atoms with van der Waals surface area (Å²) in [6, 6.07) is 10.6. The third-order valence-electron chi connectivity index (χ3n) is 5.52. The van der Waals surface area contributed by atoms with Crippen LogP contribution in [0.25, 0.3) is 0 Å². The first-order valence-electron chi connectivity index (χ1n) is 12.0. The van der Waals surface area contributed by atoms with Crippen molar-refractivity contribution in [2.45, 2.75) is 116 Å². The topological polar surface area (TPSA) is 9.23 Å². The molecule has 27 heavy (non-hydrogen) atoms. The maximum absolute atomic E-state index is 5.76. The summed E-state index contributed by atoms with van der Waals surface area (Å²) in [7, 11) is 0. The van der Waals surface area contributed by atoms with Gasteiger partial charge in [-0.2, -0.15) is 0 Å². The summed E-state index contributed by atoms with van der Waals surface area (Å²) in [4.78, 5) is 0. The zero-order valence-corrected chi connectivity index (χ0v) is 18.2. The Kier molecular flexibility index (Phi) is 17.9. The van der Waals surface area contributed by atoms with Crippen LogP contribution >= 0.6 is 0 Å². The molecule has 0 radical (unpaired) electrons. The predicted molar refractivity (Wildman–Crippen MR) is 121 cm³/mol. The average Bonchev–Trinajstić information content (AvgIpc) is 2.70. The molecular formula is C26H46O. The van der Waals surface area contributed by atoms with Gasteiger partial charge in [0.05, 0.1) is 6.61 Å². The molecule has 0 fully saturated rings. The Bertz CT molecular complexity index is 386. The van der Waals surface area contributed by atoms with E-state index in [0.29, 0.717) is 0 Å². The van der Waals surface area contributed by atoms with Gasteiger partial charge in [-0.25, -0.2) is 0 Å². The molecule has 1 nitrogen and oxygen atoms in total. The van der Waals surface area contributed by atoms with Crippen LogP contribution in [0.3, 0.4) is 0 Å². The molecular weight excluding hydrogens is 328 g/mol. The third-order valence-corrected chi connectivity index (χ3v) is 5.52. The molecule has 0 aliphatic heterocycles. The van der Waals surface area contributed by atoms with E-state index in [2.05, 4.69) is 37.3 Å². The molecule has 0 N–H and O–H groups in total. The zero-order chi connectivity index (χ0) is 19.3. The number of rotatable bonds is 20. The molecule has 0 aromatic heterocycles. The van der Waals surface area contributed by atoms with Crippen LogP contribution in [0.15, 0.2) is 30.3 Å². The highest BCUT2D eigenvalue weighted by Crippen LogP contribution is 2.13. The van der Waals surface area contributed by atoms with E-state index in [1.807, 2.05) is 0 Å². The number of unbranched alkanes of at least 4 members (excludes halogenated alkanes) is 15. The van der Waals surface area contributed by atoms with Crippen LogP contribution in [0.2, 0.25) is 0 Å². The quantitative estimate of drug-likeness (QED) is 0.208. The SMILES string of the molecule is CCCCCCCCCCCCCCCCCCOCCc1ccccc1. The second-order valence-electron chi connectivity index (χ2n) is 8.15. The zero-order valence-electron chi connectivity index (χ0n) is 18.2. The highest BCUT2D eigenvalue weighted by Gasteiger charge is 1.96. The van der Waals surface area contributed by atoms with Gasteiger partial charge in [0.15, 0.2) is 0 Å². The molecule has 0 heterocycles. The minimum Gasteiger partial charge on any atom is -0.381 e. The lowest BCUT2D eigenvalue weighted by Gasteiger charge is -2.05. The van der Waals surface area contributed by atoms with E-state index in [-0.39, 0.29) is 0 Å². The molecule has 0 saturated carbocycles. The van der Waals surface area contributed by atoms with Crippen molar-refractivity contribution in [3.8, 4) is 0 Å². The van der Waals surface area contributed by atoms with Gasteiger partial charge in [0, 0.05) is 6.61 Å². The van der Waals surface area contributed by atoms with Crippen molar-refractivity contribution in [1.82, 2.24) is 0 Å². The van der Waals surface area contributed by atoms with Crippen LogP contribution in [0.5, 0.6) is 0 Å². The number of hydrogen-bond donors (Lipinski definition) is 0. The first kappa shape index (κ1) is 24.2. The fraction of sp³-hybridized carbons (Fsp3) is 0.769. The van der Waals surface area contributed by atoms with Crippen LogP contribution in [0.1, 0.15) is 115 Å². The first-order valence-corrected chi connectivity index (χ1v) is 12.0. The van der Waals surface area contributed by atoms with Gasteiger partial charge in [-0.15, -0.1) is 0 Å². The van der Waals surface area contributed by atoms with E-state index >= 15 is 0 Å². The standard InChI is InChI=1S/C26H46O/c1-2-3-4-5-6-7-8-9-10-11-12-13-14-15-16-20-24-27-25-23-26-21-18-17-19-22-26/h17-19,21-22H,2-16,20,23-25H2,1H3. The Hall–Kier alpha value is -0.820. The molecule has 0 unspecified atom stereocenters. The number of ether oxygens (including phenoxy) is 1. The molecule has 0 bridgehead atoms. The van der Waals surface area contributed by atoms with Gasteiger partial charge in [-0.3, -0.25) is 0 Å². The highest BCUT2D eigenvalue weighted by molar-refractivity contribution is 5.14. The van der Waals surface area contributed by atoms with Crippen molar-refractivity contribution >= 4 is 0 Å². The lowest BCUT2D eigenvalue weighted by Crippen LogP contribution is -2.00. The van der Waals surface area contributed by atoms with E-state index in [9.17, 15) is 0 Å². The Morgan fingerprint density at radius 1 is 0.519 bits per heavy atom. The van der Waals surface area contributed by atoms with E-state index in [4.69, 9.17) is 4.74 Å². The van der Waals surface area contributed by atoms with Crippen molar-refractivity contribution in [2.24, 2.45) is 0 Å². The minimum atomic E-state index is 0.864. The van der Waals surface area contributed by atoms with E-state index < -0.39 is 0 Å². The number of benzene rings is 1. The first-order chi connectivity index (χ1) is 13.4. The Morgan fingerprint density at radius 2 is 0.963 bits per heavy atom. The lowest BCUT2D eigenvalue weighted by molar-refractivity contribution is 0.133. The molecule has 1 aromatic rings. The van der Waals surface area contributed by atoms with E-state index in [1.165, 1.54) is 108 Å². The normalized spacial score (nSPS) is 11.1. The van der Waals surface area contributed by atoms with Crippen molar-refractivity contribution in [1.29, 1.82) is 0 Å². The Morgan fingerprint density at radius 3 is 1.44 bits per heavy atom. The molecule has 0 aliphatic rings. The predicted octanol–water partition coefficient (Wildman–Crippen LogP) is 8.51. The molecule has 1 rings (SSSR count). The van der Waals surface area contributed by atoms with Crippen LogP contribution in [0.4, 0.5) is 0 Å². The van der Waals surface area contributed by atoms with Gasteiger partial charge in [0.2, 0.25) is 0 Å². The molecule has 0 aliphatic carbocycles. The van der Waals surface area contributed by atoms with Gasteiger partial charge in [-0.1, -0.05) is 134 Å². The summed E-state index contributed by atoms with van der Waals surface area (Å²) < 4.78 is 5.76. The average molecular weight is 375 g/mol. The fourth-order valence-corrected chi connectivity index (χ4v) is 3.69. The minimum absolute atomic E-state index is 0.864. The third kappa shape index (κ3) is 17.0. The summed E-state index contributed by atoms with van der Waals surface area (Å²) in [5.74, 6) is 0. The summed E-state index contributed by atoms with van der Waals surface area (Å²) in [5, 5.41) is 0. The maximum atomic E-state index is 5.76. The van der Waals surface area contributed by atoms with Gasteiger partial charge in [0.25, 0.3) is 0 Å². The van der Waals surface area contributed by atoms with Gasteiger partial charge >= 0.3 is 0 Å². The summed E-state index contributed by atoms with van der Waals surface area (Å²) in [6.07, 6.45) is 23.8. The van der Waals surface area contributed by atoms with Crippen molar-refractivity contribution in [2.75, 3.05) is 13.2 Å². The highest BCUT2D eigenvalue weighted by atomic mass is 16.5. The summed E-state index contributed by atoms with van der Waals surface area (Å²) in [5.41, 5.74) is 1.38. The second kappa shape index (κ2) is 19.9. The molecule has 0 saturated heterocycles. The monoisotopic (exact) mass is 374 g/mol. The van der Waals surface area contributed by atoms with Crippen LogP contribution < -0.4 is 0 Å². The van der Waals surface area contributed by atoms with Gasteiger partial charge in [0.1, 0.15) is 0 Å². The van der Waals surface area contributed by atoms with Crippen LogP contribution in [0, 0.1) is 0 Å². The van der Waals surface area contributed by atoms with Crippen molar-refractivity contribution in [3.05, 3.63) is 35.9 Å². The molecule has 1 aromatic carbocycles. The summed E-state index contributed by atoms with van der Waals surface area (Å²) in [6.45, 7) is 4.09. The Labute approximate surface area is 170 Å². The second-order valence-corrected chi connectivity index (χ2v) is 8.15. The van der Waals surface area contributed by atoms with E-state index in [1.54, 1.807) is 0 Å². The van der Waals surface area contributed by atoms with Crippen LogP contribution in [-0.2, 0) is 11.2 Å². The molecule has 156 valence electrons. The van der Waals surface area contributed by atoms with Crippen molar-refractivity contribution in [3.63, 3.8) is 0 Å². The smallest absolute Gasteiger partial charge is 0.0506 e. The molecule has 1 heteroatoms. The van der Waals surface area contributed by atoms with Crippen molar-refractivity contribution < 1.29 is 4.74 Å². The van der Waals surface area contributed by atoms with Gasteiger partial charge in [-0.05, 0) is 18.4 Å². The Balaban J connectivity index is 1.67.